The van der Waals surface area contributed by atoms with E-state index >= 15 is 0 Å². The van der Waals surface area contributed by atoms with E-state index in [1.54, 1.807) is 37.4 Å². The summed E-state index contributed by atoms with van der Waals surface area (Å²) in [5, 5.41) is 18.6. The van der Waals surface area contributed by atoms with Crippen molar-refractivity contribution in [1.82, 2.24) is 4.98 Å². The van der Waals surface area contributed by atoms with Gasteiger partial charge in [-0.25, -0.2) is 9.78 Å². The predicted octanol–water partition coefficient (Wildman–Crippen LogP) is 2.09. The van der Waals surface area contributed by atoms with Crippen LogP contribution in [0.1, 0.15) is 21.6 Å². The smallest absolute Gasteiger partial charge is 0.354 e. The molecule has 6 nitrogen and oxygen atoms in total. The van der Waals surface area contributed by atoms with Gasteiger partial charge < -0.3 is 15.1 Å². The fourth-order valence-corrected chi connectivity index (χ4v) is 2.58. The molecule has 6 heteroatoms. The van der Waals surface area contributed by atoms with E-state index in [0.717, 1.165) is 5.56 Å². The number of pyridine rings is 1. The van der Waals surface area contributed by atoms with Gasteiger partial charge in [-0.2, -0.15) is 0 Å². The second-order valence-electron chi connectivity index (χ2n) is 5.31. The number of aromatic nitrogens is 1. The molecule has 0 saturated carbocycles. The number of amides is 1. The number of anilines is 1. The van der Waals surface area contributed by atoms with Crippen molar-refractivity contribution in [2.24, 2.45) is 0 Å². The Morgan fingerprint density at radius 3 is 2.83 bits per heavy atom. The Labute approximate surface area is 132 Å². The van der Waals surface area contributed by atoms with Crippen LogP contribution in [0.15, 0.2) is 42.1 Å². The molecular weight excluding hydrogens is 296 g/mol. The van der Waals surface area contributed by atoms with Gasteiger partial charge in [0.2, 0.25) is 0 Å². The highest BCUT2D eigenvalue weighted by molar-refractivity contribution is 6.11. The van der Waals surface area contributed by atoms with E-state index in [0.29, 0.717) is 23.2 Å². The van der Waals surface area contributed by atoms with Crippen molar-refractivity contribution in [2.45, 2.75) is 6.42 Å². The maximum absolute atomic E-state index is 12.4. The van der Waals surface area contributed by atoms with Gasteiger partial charge in [0.25, 0.3) is 5.91 Å². The van der Waals surface area contributed by atoms with Crippen molar-refractivity contribution >= 4 is 23.6 Å². The normalized spacial score (nSPS) is 15.6. The molecule has 1 aromatic carbocycles. The Balaban J connectivity index is 2.04. The highest BCUT2D eigenvalue weighted by atomic mass is 16.4. The number of fused-ring (bicyclic) bond motifs is 1. The lowest BCUT2D eigenvalue weighted by atomic mass is 9.96. The Hall–Kier alpha value is -3.15. The lowest BCUT2D eigenvalue weighted by Crippen LogP contribution is -2.33. The molecule has 0 unspecified atom stereocenters. The molecule has 0 saturated heterocycles. The van der Waals surface area contributed by atoms with E-state index < -0.39 is 5.97 Å². The summed E-state index contributed by atoms with van der Waals surface area (Å²) in [4.78, 5) is 28.8. The molecule has 0 spiro atoms. The van der Waals surface area contributed by atoms with E-state index in [2.05, 4.69) is 4.98 Å². The van der Waals surface area contributed by atoms with Gasteiger partial charge in [-0.15, -0.1) is 0 Å². The Kier molecular flexibility index (Phi) is 3.57. The van der Waals surface area contributed by atoms with E-state index in [9.17, 15) is 14.7 Å². The van der Waals surface area contributed by atoms with Crippen LogP contribution in [0.4, 0.5) is 5.69 Å². The molecule has 1 aliphatic heterocycles. The molecule has 116 valence electrons. The largest absolute Gasteiger partial charge is 0.508 e. The lowest BCUT2D eigenvalue weighted by molar-refractivity contribution is -0.115. The number of hydrogen-bond acceptors (Lipinski definition) is 4. The summed E-state index contributed by atoms with van der Waals surface area (Å²) in [7, 11) is 1.62. The van der Waals surface area contributed by atoms with Gasteiger partial charge in [0.05, 0.1) is 11.9 Å². The van der Waals surface area contributed by atoms with E-state index in [4.69, 9.17) is 5.11 Å². The van der Waals surface area contributed by atoms with Crippen molar-refractivity contribution in [3.63, 3.8) is 0 Å². The molecule has 2 aromatic rings. The minimum atomic E-state index is -1.11. The standard InChI is InChI=1S/C17H14N2O4/c1-19-15-9-18-14(17(22)23)8-11(15)7-12(16(19)21)5-10-3-2-4-13(20)6-10/h2-6,8-9,20H,7H2,1H3,(H,22,23). The summed E-state index contributed by atoms with van der Waals surface area (Å²) in [5.74, 6) is -1.16. The zero-order chi connectivity index (χ0) is 16.6. The van der Waals surface area contributed by atoms with Gasteiger partial charge >= 0.3 is 5.97 Å². The maximum atomic E-state index is 12.4. The summed E-state index contributed by atoms with van der Waals surface area (Å²) >= 11 is 0. The van der Waals surface area contributed by atoms with Crippen LogP contribution in [-0.4, -0.2) is 34.1 Å². The molecule has 1 aliphatic rings. The second-order valence-corrected chi connectivity index (χ2v) is 5.31. The van der Waals surface area contributed by atoms with E-state index in [1.165, 1.54) is 17.2 Å². The third-order valence-corrected chi connectivity index (χ3v) is 3.72. The number of aromatic carboxylic acids is 1. The van der Waals surface area contributed by atoms with E-state index in [-0.39, 0.29) is 17.4 Å². The Morgan fingerprint density at radius 2 is 2.13 bits per heavy atom. The van der Waals surface area contributed by atoms with Gasteiger partial charge in [-0.05, 0) is 35.4 Å². The first kappa shape index (κ1) is 14.8. The molecule has 0 bridgehead atoms. The summed E-state index contributed by atoms with van der Waals surface area (Å²) in [6.07, 6.45) is 3.42. The maximum Gasteiger partial charge on any atom is 0.354 e. The number of phenolic OH excluding ortho intramolecular Hbond substituents is 1. The third kappa shape index (κ3) is 2.78. The van der Waals surface area contributed by atoms with Crippen LogP contribution in [0.3, 0.4) is 0 Å². The van der Waals surface area contributed by atoms with Gasteiger partial charge in [0.1, 0.15) is 11.4 Å². The van der Waals surface area contributed by atoms with Gasteiger partial charge in [0.15, 0.2) is 0 Å². The fraction of sp³-hybridized carbons (Fsp3) is 0.118. The Morgan fingerprint density at radius 1 is 1.35 bits per heavy atom. The monoisotopic (exact) mass is 310 g/mol. The fourth-order valence-electron chi connectivity index (χ4n) is 2.58. The molecular formula is C17H14N2O4. The first-order valence-corrected chi connectivity index (χ1v) is 6.95. The van der Waals surface area contributed by atoms with Crippen LogP contribution in [0, 0.1) is 0 Å². The topological polar surface area (TPSA) is 90.7 Å². The van der Waals surface area contributed by atoms with Crippen molar-refractivity contribution in [3.8, 4) is 5.75 Å². The number of aromatic hydroxyl groups is 1. The number of hydrogen-bond donors (Lipinski definition) is 2. The third-order valence-electron chi connectivity index (χ3n) is 3.72. The zero-order valence-corrected chi connectivity index (χ0v) is 12.4. The number of carbonyl (C=O) groups is 2. The number of carboxylic acids is 1. The zero-order valence-electron chi connectivity index (χ0n) is 12.4. The predicted molar refractivity (Wildman–Crippen MR) is 84.4 cm³/mol. The van der Waals surface area contributed by atoms with Crippen molar-refractivity contribution in [3.05, 3.63) is 58.9 Å². The van der Waals surface area contributed by atoms with Crippen molar-refractivity contribution in [1.29, 1.82) is 0 Å². The van der Waals surface area contributed by atoms with Crippen LogP contribution in [0.25, 0.3) is 6.08 Å². The Bertz CT molecular complexity index is 842. The molecule has 0 aliphatic carbocycles. The van der Waals surface area contributed by atoms with Crippen molar-refractivity contribution in [2.75, 3.05) is 11.9 Å². The summed E-state index contributed by atoms with van der Waals surface area (Å²) in [6.45, 7) is 0. The first-order chi connectivity index (χ1) is 11.0. The van der Waals surface area contributed by atoms with Gasteiger partial charge in [0, 0.05) is 19.0 Å². The molecule has 2 heterocycles. The number of rotatable bonds is 2. The summed E-state index contributed by atoms with van der Waals surface area (Å²) in [6, 6.07) is 8.07. The minimum Gasteiger partial charge on any atom is -0.508 e. The molecule has 2 N–H and O–H groups in total. The number of likely N-dealkylation sites (N-methyl/N-ethyl adjacent to an activating group) is 1. The average molecular weight is 310 g/mol. The number of benzene rings is 1. The second kappa shape index (κ2) is 5.57. The first-order valence-electron chi connectivity index (χ1n) is 6.95. The molecule has 1 aromatic heterocycles. The van der Waals surface area contributed by atoms with Gasteiger partial charge in [-0.1, -0.05) is 12.1 Å². The number of phenols is 1. The lowest BCUT2D eigenvalue weighted by Gasteiger charge is -2.27. The summed E-state index contributed by atoms with van der Waals surface area (Å²) in [5.41, 5.74) is 2.51. The van der Waals surface area contributed by atoms with Gasteiger partial charge in [-0.3, -0.25) is 4.79 Å². The van der Waals surface area contributed by atoms with Crippen LogP contribution in [0.5, 0.6) is 5.75 Å². The van der Waals surface area contributed by atoms with Crippen LogP contribution >= 0.6 is 0 Å². The van der Waals surface area contributed by atoms with E-state index in [1.807, 2.05) is 0 Å². The number of carbonyl (C=O) groups excluding carboxylic acids is 1. The molecule has 0 fully saturated rings. The number of carboxylic acid groups (broad SMARTS) is 1. The highest BCUT2D eigenvalue weighted by Gasteiger charge is 2.26. The minimum absolute atomic E-state index is 0.0526. The number of nitrogens with zero attached hydrogens (tertiary/aromatic N) is 2. The van der Waals surface area contributed by atoms with Crippen LogP contribution < -0.4 is 4.90 Å². The van der Waals surface area contributed by atoms with Crippen molar-refractivity contribution < 1.29 is 19.8 Å². The molecule has 1 amide bonds. The summed E-state index contributed by atoms with van der Waals surface area (Å²) < 4.78 is 0. The quantitative estimate of drug-likeness (QED) is 0.829. The molecule has 3 rings (SSSR count). The molecule has 23 heavy (non-hydrogen) atoms. The molecule has 0 atom stereocenters. The SMILES string of the molecule is CN1C(=O)C(=Cc2cccc(O)c2)Cc2cc(C(=O)O)ncc21. The average Bonchev–Trinajstić information content (AvgIpc) is 2.52. The highest BCUT2D eigenvalue weighted by Crippen LogP contribution is 2.30. The van der Waals surface area contributed by atoms with Crippen LogP contribution in [0.2, 0.25) is 0 Å². The molecule has 0 radical (unpaired) electrons. The van der Waals surface area contributed by atoms with Crippen LogP contribution in [-0.2, 0) is 11.2 Å².